The third-order valence-electron chi connectivity index (χ3n) is 3.59. The molecule has 0 amide bonds. The molecule has 0 radical (unpaired) electrons. The maximum Gasteiger partial charge on any atom is 0.243 e. The van der Waals surface area contributed by atoms with Crippen LogP contribution in [-0.4, -0.2) is 36.6 Å². The van der Waals surface area contributed by atoms with Gasteiger partial charge in [0, 0.05) is 19.8 Å². The second-order valence-electron chi connectivity index (χ2n) is 5.52. The molecule has 1 aliphatic heterocycles. The van der Waals surface area contributed by atoms with E-state index in [9.17, 15) is 13.5 Å². The van der Waals surface area contributed by atoms with Gasteiger partial charge in [0.1, 0.15) is 10.5 Å². The highest BCUT2D eigenvalue weighted by atomic mass is 32.2. The molecule has 1 aromatic carbocycles. The van der Waals surface area contributed by atoms with E-state index >= 15 is 0 Å². The second kappa shape index (κ2) is 5.52. The largest absolute Gasteiger partial charge is 0.454 e. The fraction of sp³-hybridized carbons (Fsp3) is 0.357. The first-order valence-corrected chi connectivity index (χ1v) is 8.37. The molecule has 0 bridgehead atoms. The Morgan fingerprint density at radius 2 is 2.13 bits per heavy atom. The van der Waals surface area contributed by atoms with Crippen molar-refractivity contribution in [1.82, 2.24) is 14.5 Å². The van der Waals surface area contributed by atoms with Crippen LogP contribution in [0.4, 0.5) is 0 Å². The summed E-state index contributed by atoms with van der Waals surface area (Å²) in [7, 11) is -2.11. The minimum absolute atomic E-state index is 0.0430. The van der Waals surface area contributed by atoms with Gasteiger partial charge in [-0.25, -0.2) is 13.1 Å². The molecule has 8 nitrogen and oxygen atoms in total. The average molecular weight is 339 g/mol. The lowest BCUT2D eigenvalue weighted by Crippen LogP contribution is -2.38. The molecule has 0 saturated carbocycles. The Kier molecular flexibility index (Phi) is 3.78. The fourth-order valence-electron chi connectivity index (χ4n) is 2.19. The Morgan fingerprint density at radius 1 is 1.39 bits per heavy atom. The highest BCUT2D eigenvalue weighted by Gasteiger charge is 2.28. The van der Waals surface area contributed by atoms with Gasteiger partial charge in [0.15, 0.2) is 11.5 Å². The van der Waals surface area contributed by atoms with Crippen molar-refractivity contribution < 1.29 is 23.0 Å². The van der Waals surface area contributed by atoms with Gasteiger partial charge in [0.2, 0.25) is 16.8 Å². The topological polar surface area (TPSA) is 103 Å². The smallest absolute Gasteiger partial charge is 0.243 e. The minimum atomic E-state index is -3.74. The monoisotopic (exact) mass is 339 g/mol. The molecule has 1 unspecified atom stereocenters. The van der Waals surface area contributed by atoms with Crippen molar-refractivity contribution in [2.24, 2.45) is 7.05 Å². The van der Waals surface area contributed by atoms with Crippen LogP contribution in [0.3, 0.4) is 0 Å². The Hall–Kier alpha value is -2.10. The summed E-state index contributed by atoms with van der Waals surface area (Å²) in [5, 5.41) is 14.4. The molecule has 0 saturated heterocycles. The van der Waals surface area contributed by atoms with Crippen LogP contribution in [0.25, 0.3) is 0 Å². The number of sulfonamides is 1. The lowest BCUT2D eigenvalue weighted by molar-refractivity contribution is 0.0625. The molecule has 1 atom stereocenters. The molecule has 23 heavy (non-hydrogen) atoms. The predicted octanol–water partition coefficient (Wildman–Crippen LogP) is 0.335. The lowest BCUT2D eigenvalue weighted by Gasteiger charge is -2.24. The summed E-state index contributed by atoms with van der Waals surface area (Å²) in [6, 6.07) is 4.99. The zero-order valence-electron chi connectivity index (χ0n) is 12.7. The van der Waals surface area contributed by atoms with Gasteiger partial charge in [-0.1, -0.05) is 6.07 Å². The van der Waals surface area contributed by atoms with Crippen molar-refractivity contribution in [3.05, 3.63) is 36.2 Å². The van der Waals surface area contributed by atoms with Crippen LogP contribution in [-0.2, 0) is 22.7 Å². The number of rotatable bonds is 5. The maximum atomic E-state index is 12.2. The zero-order valence-corrected chi connectivity index (χ0v) is 13.5. The Bertz CT molecular complexity index is 829. The van der Waals surface area contributed by atoms with Crippen LogP contribution in [0.1, 0.15) is 12.5 Å². The van der Waals surface area contributed by atoms with E-state index in [0.717, 1.165) is 0 Å². The SMILES string of the molecule is Cn1cc(S(=O)(=O)NCC(C)(O)c2ccc3c(c2)OCO3)cn1. The highest BCUT2D eigenvalue weighted by Crippen LogP contribution is 2.35. The van der Waals surface area contributed by atoms with Crippen LogP contribution in [0.2, 0.25) is 0 Å². The summed E-state index contributed by atoms with van der Waals surface area (Å²) in [6.07, 6.45) is 2.63. The first-order valence-electron chi connectivity index (χ1n) is 6.89. The number of nitrogens with one attached hydrogen (secondary N) is 1. The van der Waals surface area contributed by atoms with Crippen molar-refractivity contribution in [3.8, 4) is 11.5 Å². The van der Waals surface area contributed by atoms with Crippen LogP contribution in [0, 0.1) is 0 Å². The number of aromatic nitrogens is 2. The van der Waals surface area contributed by atoms with E-state index in [1.165, 1.54) is 24.0 Å². The zero-order chi connectivity index (χ0) is 16.7. The van der Waals surface area contributed by atoms with E-state index in [-0.39, 0.29) is 18.2 Å². The molecule has 124 valence electrons. The van der Waals surface area contributed by atoms with Crippen molar-refractivity contribution in [2.45, 2.75) is 17.4 Å². The van der Waals surface area contributed by atoms with E-state index in [1.807, 2.05) is 0 Å². The van der Waals surface area contributed by atoms with Gasteiger partial charge in [-0.2, -0.15) is 5.10 Å². The van der Waals surface area contributed by atoms with E-state index in [1.54, 1.807) is 25.2 Å². The number of nitrogens with zero attached hydrogens (tertiary/aromatic N) is 2. The Morgan fingerprint density at radius 3 is 2.83 bits per heavy atom. The number of benzene rings is 1. The summed E-state index contributed by atoms with van der Waals surface area (Å²) in [5.41, 5.74) is -0.883. The molecule has 2 N–H and O–H groups in total. The first kappa shape index (κ1) is 15.8. The molecule has 1 aromatic heterocycles. The number of ether oxygens (including phenoxy) is 2. The number of aliphatic hydroxyl groups is 1. The summed E-state index contributed by atoms with van der Waals surface area (Å²) >= 11 is 0. The molecular weight excluding hydrogens is 322 g/mol. The number of fused-ring (bicyclic) bond motifs is 1. The molecule has 0 spiro atoms. The van der Waals surface area contributed by atoms with Gasteiger partial charge in [-0.15, -0.1) is 0 Å². The summed E-state index contributed by atoms with van der Waals surface area (Å²) in [5.74, 6) is 1.12. The van der Waals surface area contributed by atoms with Crippen molar-refractivity contribution in [3.63, 3.8) is 0 Å². The van der Waals surface area contributed by atoms with E-state index in [0.29, 0.717) is 17.1 Å². The highest BCUT2D eigenvalue weighted by molar-refractivity contribution is 7.89. The third kappa shape index (κ3) is 3.16. The molecule has 0 aliphatic carbocycles. The number of hydrogen-bond acceptors (Lipinski definition) is 6. The summed E-state index contributed by atoms with van der Waals surface area (Å²) in [4.78, 5) is 0.0430. The van der Waals surface area contributed by atoms with Crippen LogP contribution < -0.4 is 14.2 Å². The molecular formula is C14H17N3O5S. The third-order valence-corrected chi connectivity index (χ3v) is 4.95. The Balaban J connectivity index is 1.76. The molecule has 1 aliphatic rings. The summed E-state index contributed by atoms with van der Waals surface area (Å²) < 4.78 is 38.7. The quantitative estimate of drug-likeness (QED) is 0.814. The molecule has 9 heteroatoms. The molecule has 3 rings (SSSR count). The van der Waals surface area contributed by atoms with Crippen molar-refractivity contribution in [1.29, 1.82) is 0 Å². The second-order valence-corrected chi connectivity index (χ2v) is 7.28. The van der Waals surface area contributed by atoms with Gasteiger partial charge in [0.25, 0.3) is 0 Å². The molecule has 2 aromatic rings. The van der Waals surface area contributed by atoms with Crippen LogP contribution in [0.5, 0.6) is 11.5 Å². The molecule has 2 heterocycles. The van der Waals surface area contributed by atoms with E-state index in [4.69, 9.17) is 9.47 Å². The van der Waals surface area contributed by atoms with Crippen LogP contribution in [0.15, 0.2) is 35.5 Å². The fourth-order valence-corrected chi connectivity index (χ4v) is 3.31. The predicted molar refractivity (Wildman–Crippen MR) is 80.5 cm³/mol. The summed E-state index contributed by atoms with van der Waals surface area (Å²) in [6.45, 7) is 1.47. The standard InChI is InChI=1S/C14H17N3O5S/c1-14(18,10-3-4-12-13(5-10)22-9-21-12)8-16-23(19,20)11-6-15-17(2)7-11/h3-7,16,18H,8-9H2,1-2H3. The van der Waals surface area contributed by atoms with Gasteiger partial charge < -0.3 is 14.6 Å². The normalized spacial score (nSPS) is 16.3. The lowest BCUT2D eigenvalue weighted by atomic mass is 9.96. The van der Waals surface area contributed by atoms with Crippen molar-refractivity contribution >= 4 is 10.0 Å². The Labute approximate surface area is 133 Å². The maximum absolute atomic E-state index is 12.2. The van der Waals surface area contributed by atoms with Gasteiger partial charge in [-0.05, 0) is 24.6 Å². The van der Waals surface area contributed by atoms with Gasteiger partial charge in [0.05, 0.1) is 6.20 Å². The van der Waals surface area contributed by atoms with Gasteiger partial charge >= 0.3 is 0 Å². The first-order chi connectivity index (χ1) is 10.8. The molecule has 0 fully saturated rings. The van der Waals surface area contributed by atoms with E-state index in [2.05, 4.69) is 9.82 Å². The van der Waals surface area contributed by atoms with Crippen LogP contribution >= 0.6 is 0 Å². The van der Waals surface area contributed by atoms with E-state index < -0.39 is 15.6 Å². The average Bonchev–Trinajstić information content (AvgIpc) is 3.13. The van der Waals surface area contributed by atoms with Gasteiger partial charge in [-0.3, -0.25) is 4.68 Å². The minimum Gasteiger partial charge on any atom is -0.454 e. The number of aryl methyl sites for hydroxylation is 1. The van der Waals surface area contributed by atoms with Crippen molar-refractivity contribution in [2.75, 3.05) is 13.3 Å². The number of hydrogen-bond donors (Lipinski definition) is 2.